The highest BCUT2D eigenvalue weighted by Gasteiger charge is 2.26. The SMILES string of the molecule is Cc1cccc(C(C)(C)NC(=O)C(C)n2cncn2)c1. The molecule has 5 nitrogen and oxygen atoms in total. The molecule has 2 rings (SSSR count). The smallest absolute Gasteiger partial charge is 0.245 e. The van der Waals surface area contributed by atoms with Crippen LogP contribution in [0.1, 0.15) is 37.9 Å². The summed E-state index contributed by atoms with van der Waals surface area (Å²) in [5.74, 6) is -0.0815. The van der Waals surface area contributed by atoms with Crippen molar-refractivity contribution >= 4 is 5.91 Å². The van der Waals surface area contributed by atoms with Crippen LogP contribution in [-0.2, 0) is 10.3 Å². The van der Waals surface area contributed by atoms with Gasteiger partial charge in [-0.1, -0.05) is 29.8 Å². The molecule has 1 N–H and O–H groups in total. The fourth-order valence-electron chi connectivity index (χ4n) is 2.06. The summed E-state index contributed by atoms with van der Waals surface area (Å²) in [6.07, 6.45) is 2.97. The second kappa shape index (κ2) is 5.45. The number of rotatable bonds is 4. The van der Waals surface area contributed by atoms with Gasteiger partial charge in [0.05, 0.1) is 5.54 Å². The molecule has 0 saturated heterocycles. The largest absolute Gasteiger partial charge is 0.345 e. The van der Waals surface area contributed by atoms with Gasteiger partial charge < -0.3 is 5.32 Å². The zero-order valence-electron chi connectivity index (χ0n) is 12.3. The van der Waals surface area contributed by atoms with Crippen molar-refractivity contribution in [2.75, 3.05) is 0 Å². The van der Waals surface area contributed by atoms with E-state index in [-0.39, 0.29) is 11.9 Å². The molecule has 1 heterocycles. The van der Waals surface area contributed by atoms with E-state index in [1.807, 2.05) is 39.0 Å². The molecule has 0 saturated carbocycles. The van der Waals surface area contributed by atoms with Crippen LogP contribution in [0.15, 0.2) is 36.9 Å². The number of hydrogen-bond donors (Lipinski definition) is 1. The van der Waals surface area contributed by atoms with E-state index in [0.717, 1.165) is 5.56 Å². The Bertz CT molecular complexity index is 590. The van der Waals surface area contributed by atoms with Crippen LogP contribution in [0.4, 0.5) is 0 Å². The van der Waals surface area contributed by atoms with Gasteiger partial charge in [0.15, 0.2) is 0 Å². The summed E-state index contributed by atoms with van der Waals surface area (Å²) in [5, 5.41) is 7.06. The van der Waals surface area contributed by atoms with Crippen molar-refractivity contribution in [3.05, 3.63) is 48.0 Å². The number of carbonyl (C=O) groups excluding carboxylic acids is 1. The first kappa shape index (κ1) is 14.2. The molecule has 0 fully saturated rings. The lowest BCUT2D eigenvalue weighted by molar-refractivity contribution is -0.125. The van der Waals surface area contributed by atoms with E-state index in [9.17, 15) is 4.79 Å². The number of amides is 1. The number of nitrogens with zero attached hydrogens (tertiary/aromatic N) is 3. The lowest BCUT2D eigenvalue weighted by Crippen LogP contribution is -2.44. The van der Waals surface area contributed by atoms with E-state index < -0.39 is 5.54 Å². The lowest BCUT2D eigenvalue weighted by Gasteiger charge is -2.28. The van der Waals surface area contributed by atoms with Crippen LogP contribution < -0.4 is 5.32 Å². The molecule has 106 valence electrons. The van der Waals surface area contributed by atoms with Gasteiger partial charge in [-0.05, 0) is 33.3 Å². The molecule has 1 atom stereocenters. The fourth-order valence-corrected chi connectivity index (χ4v) is 2.06. The molecule has 0 bridgehead atoms. The van der Waals surface area contributed by atoms with E-state index >= 15 is 0 Å². The highest BCUT2D eigenvalue weighted by Crippen LogP contribution is 2.21. The van der Waals surface area contributed by atoms with Crippen LogP contribution in [0.5, 0.6) is 0 Å². The summed E-state index contributed by atoms with van der Waals surface area (Å²) in [6, 6.07) is 7.76. The molecular formula is C15H20N4O. The zero-order chi connectivity index (χ0) is 14.8. The number of carbonyl (C=O) groups is 1. The van der Waals surface area contributed by atoms with Crippen LogP contribution in [0, 0.1) is 6.92 Å². The maximum Gasteiger partial charge on any atom is 0.245 e. The van der Waals surface area contributed by atoms with Crippen molar-refractivity contribution < 1.29 is 4.79 Å². The van der Waals surface area contributed by atoms with Crippen LogP contribution in [0.25, 0.3) is 0 Å². The van der Waals surface area contributed by atoms with Gasteiger partial charge in [0.1, 0.15) is 18.7 Å². The van der Waals surface area contributed by atoms with E-state index in [0.29, 0.717) is 0 Å². The van der Waals surface area contributed by atoms with Crippen LogP contribution in [0.3, 0.4) is 0 Å². The Labute approximate surface area is 119 Å². The summed E-state index contributed by atoms with van der Waals surface area (Å²) in [6.45, 7) is 7.83. The molecule has 0 aliphatic heterocycles. The highest BCUT2D eigenvalue weighted by atomic mass is 16.2. The molecular weight excluding hydrogens is 252 g/mol. The van der Waals surface area contributed by atoms with Gasteiger partial charge in [0.25, 0.3) is 0 Å². The summed E-state index contributed by atoms with van der Waals surface area (Å²) in [4.78, 5) is 16.2. The van der Waals surface area contributed by atoms with E-state index in [4.69, 9.17) is 0 Å². The monoisotopic (exact) mass is 272 g/mol. The third kappa shape index (κ3) is 3.04. The van der Waals surface area contributed by atoms with Gasteiger partial charge in [-0.2, -0.15) is 5.10 Å². The Morgan fingerprint density at radius 3 is 2.75 bits per heavy atom. The third-order valence-electron chi connectivity index (χ3n) is 3.39. The van der Waals surface area contributed by atoms with Gasteiger partial charge in [-0.15, -0.1) is 0 Å². The molecule has 1 aromatic carbocycles. The molecule has 5 heteroatoms. The van der Waals surface area contributed by atoms with Crippen molar-refractivity contribution in [2.45, 2.75) is 39.3 Å². The van der Waals surface area contributed by atoms with Crippen molar-refractivity contribution in [2.24, 2.45) is 0 Å². The van der Waals surface area contributed by atoms with Gasteiger partial charge in [0.2, 0.25) is 5.91 Å². The molecule has 0 radical (unpaired) electrons. The first-order chi connectivity index (χ1) is 9.40. The van der Waals surface area contributed by atoms with Crippen LogP contribution in [0.2, 0.25) is 0 Å². The van der Waals surface area contributed by atoms with Gasteiger partial charge >= 0.3 is 0 Å². The van der Waals surface area contributed by atoms with E-state index in [1.165, 1.54) is 11.9 Å². The maximum absolute atomic E-state index is 12.3. The van der Waals surface area contributed by atoms with Gasteiger partial charge in [-0.3, -0.25) is 4.79 Å². The van der Waals surface area contributed by atoms with Gasteiger partial charge in [0, 0.05) is 0 Å². The molecule has 0 spiro atoms. The van der Waals surface area contributed by atoms with Crippen molar-refractivity contribution in [1.29, 1.82) is 0 Å². The number of aromatic nitrogens is 3. The topological polar surface area (TPSA) is 59.8 Å². The summed E-state index contributed by atoms with van der Waals surface area (Å²) >= 11 is 0. The minimum atomic E-state index is -0.433. The maximum atomic E-state index is 12.3. The second-order valence-corrected chi connectivity index (χ2v) is 5.54. The average molecular weight is 272 g/mol. The summed E-state index contributed by atoms with van der Waals surface area (Å²) in [7, 11) is 0. The highest BCUT2D eigenvalue weighted by molar-refractivity contribution is 5.80. The number of aryl methyl sites for hydroxylation is 1. The summed E-state index contributed by atoms with van der Waals surface area (Å²) in [5.41, 5.74) is 1.82. The molecule has 1 unspecified atom stereocenters. The van der Waals surface area contributed by atoms with Crippen molar-refractivity contribution in [3.8, 4) is 0 Å². The lowest BCUT2D eigenvalue weighted by atomic mass is 9.92. The Kier molecular flexibility index (Phi) is 3.88. The second-order valence-electron chi connectivity index (χ2n) is 5.54. The van der Waals surface area contributed by atoms with Gasteiger partial charge in [-0.25, -0.2) is 9.67 Å². The van der Waals surface area contributed by atoms with Crippen LogP contribution >= 0.6 is 0 Å². The van der Waals surface area contributed by atoms with E-state index in [1.54, 1.807) is 17.9 Å². The number of hydrogen-bond acceptors (Lipinski definition) is 3. The molecule has 0 aliphatic carbocycles. The quantitative estimate of drug-likeness (QED) is 0.928. The average Bonchev–Trinajstić information content (AvgIpc) is 2.91. The normalized spacial score (nSPS) is 13.0. The minimum Gasteiger partial charge on any atom is -0.345 e. The Balaban J connectivity index is 2.14. The molecule has 0 aliphatic rings. The first-order valence-electron chi connectivity index (χ1n) is 6.63. The standard InChI is InChI=1S/C15H20N4O/c1-11-6-5-7-13(8-11)15(3,4)18-14(20)12(2)19-10-16-9-17-19/h5-10,12H,1-4H3,(H,18,20). The predicted octanol–water partition coefficient (Wildman–Crippen LogP) is 2.20. The number of benzene rings is 1. The van der Waals surface area contributed by atoms with Crippen molar-refractivity contribution in [3.63, 3.8) is 0 Å². The Morgan fingerprint density at radius 1 is 1.40 bits per heavy atom. The summed E-state index contributed by atoms with van der Waals surface area (Å²) < 4.78 is 1.54. The molecule has 2 aromatic rings. The van der Waals surface area contributed by atoms with Crippen LogP contribution in [-0.4, -0.2) is 20.7 Å². The zero-order valence-corrected chi connectivity index (χ0v) is 12.3. The number of nitrogens with one attached hydrogen (secondary N) is 1. The fraction of sp³-hybridized carbons (Fsp3) is 0.400. The Morgan fingerprint density at radius 2 is 2.15 bits per heavy atom. The molecule has 1 aromatic heterocycles. The molecule has 1 amide bonds. The molecule has 20 heavy (non-hydrogen) atoms. The predicted molar refractivity (Wildman–Crippen MR) is 77.1 cm³/mol. The Hall–Kier alpha value is -2.17. The third-order valence-corrected chi connectivity index (χ3v) is 3.39. The van der Waals surface area contributed by atoms with E-state index in [2.05, 4.69) is 21.5 Å². The van der Waals surface area contributed by atoms with Crippen molar-refractivity contribution in [1.82, 2.24) is 20.1 Å². The minimum absolute atomic E-state index is 0.0815. The first-order valence-corrected chi connectivity index (χ1v) is 6.63.